The van der Waals surface area contributed by atoms with Crippen molar-refractivity contribution in [2.45, 2.75) is 0 Å². The molecule has 0 heterocycles. The predicted octanol–water partition coefficient (Wildman–Crippen LogP) is -3.99. The molecule has 0 aromatic rings. The highest BCUT2D eigenvalue weighted by molar-refractivity contribution is 8.03. The Morgan fingerprint density at radius 1 is 0.824 bits per heavy atom. The fourth-order valence-electron chi connectivity index (χ4n) is 0.419. The maximum atomic E-state index is 11.0. The normalized spacial score (nSPS) is 11.3. The smallest absolute Gasteiger partial charge is 0.346 e. The van der Waals surface area contributed by atoms with Crippen molar-refractivity contribution in [1.82, 2.24) is 0 Å². The molecular formula is C3H10N6O6S2. The van der Waals surface area contributed by atoms with Crippen LogP contribution in [0, 0.1) is 0 Å². The van der Waals surface area contributed by atoms with E-state index in [1.807, 2.05) is 0 Å². The van der Waals surface area contributed by atoms with E-state index in [9.17, 15) is 16.8 Å². The second-order valence-corrected chi connectivity index (χ2v) is 5.89. The Kier molecular flexibility index (Phi) is 4.77. The zero-order valence-electron chi connectivity index (χ0n) is 8.18. The summed E-state index contributed by atoms with van der Waals surface area (Å²) in [6, 6.07) is 0. The maximum absolute atomic E-state index is 11.0. The summed E-state index contributed by atoms with van der Waals surface area (Å²) in [5, 5.41) is 3.73. The fraction of sp³-hybridized carbons (Fsp3) is 0.333. The molecule has 0 aromatic carbocycles. The van der Waals surface area contributed by atoms with E-state index in [0.717, 1.165) is 0 Å². The van der Waals surface area contributed by atoms with Gasteiger partial charge in [0.15, 0.2) is 0 Å². The van der Waals surface area contributed by atoms with Gasteiger partial charge in [0, 0.05) is 0 Å². The topological polar surface area (TPSA) is 216 Å². The molecule has 0 bridgehead atoms. The van der Waals surface area contributed by atoms with Gasteiger partial charge in [0.05, 0.1) is 0 Å². The average molecular weight is 290 g/mol. The molecule has 12 nitrogen and oxygen atoms in total. The first-order chi connectivity index (χ1) is 7.54. The summed E-state index contributed by atoms with van der Waals surface area (Å²) in [6.07, 6.45) is 0. The highest BCUT2D eigenvalue weighted by Gasteiger charge is 2.26. The number of rotatable bonds is 6. The molecule has 0 amide bonds. The second kappa shape index (κ2) is 5.39. The minimum Gasteiger partial charge on any atom is -0.367 e. The summed E-state index contributed by atoms with van der Waals surface area (Å²) in [6.45, 7) is 0. The van der Waals surface area contributed by atoms with Gasteiger partial charge in [-0.1, -0.05) is 0 Å². The SMILES string of the molecule is NC(N)=NOS(=O)(=O)CS(=O)(=O)ON=C(N)N. The van der Waals surface area contributed by atoms with Gasteiger partial charge in [-0.2, -0.15) is 16.8 Å². The summed E-state index contributed by atoms with van der Waals surface area (Å²) < 4.78 is 51.5. The lowest BCUT2D eigenvalue weighted by Crippen LogP contribution is -2.26. The van der Waals surface area contributed by atoms with Crippen molar-refractivity contribution in [3.63, 3.8) is 0 Å². The molecule has 0 unspecified atom stereocenters. The minimum atomic E-state index is -4.59. The highest BCUT2D eigenvalue weighted by atomic mass is 32.3. The lowest BCUT2D eigenvalue weighted by molar-refractivity contribution is 0.328. The molecule has 0 radical (unpaired) electrons. The monoisotopic (exact) mass is 290 g/mol. The molecule has 14 heteroatoms. The van der Waals surface area contributed by atoms with E-state index in [4.69, 9.17) is 22.9 Å². The maximum Gasteiger partial charge on any atom is 0.346 e. The number of hydrogen-bond donors (Lipinski definition) is 4. The molecule has 17 heavy (non-hydrogen) atoms. The summed E-state index contributed by atoms with van der Waals surface area (Å²) in [5.74, 6) is -1.42. The van der Waals surface area contributed by atoms with Crippen LogP contribution in [0.5, 0.6) is 0 Å². The van der Waals surface area contributed by atoms with Gasteiger partial charge in [-0.3, -0.25) is 8.57 Å². The lowest BCUT2D eigenvalue weighted by Gasteiger charge is -2.01. The van der Waals surface area contributed by atoms with Crippen molar-refractivity contribution in [1.29, 1.82) is 0 Å². The Bertz CT molecular complexity index is 462. The van der Waals surface area contributed by atoms with Gasteiger partial charge >= 0.3 is 20.2 Å². The first-order valence-electron chi connectivity index (χ1n) is 3.54. The van der Waals surface area contributed by atoms with Gasteiger partial charge < -0.3 is 22.9 Å². The zero-order chi connectivity index (χ0) is 13.7. The second-order valence-electron chi connectivity index (χ2n) is 2.41. The third kappa shape index (κ3) is 7.91. The van der Waals surface area contributed by atoms with Crippen molar-refractivity contribution in [2.24, 2.45) is 33.2 Å². The average Bonchev–Trinajstić information content (AvgIpc) is 2.10. The van der Waals surface area contributed by atoms with Crippen LogP contribution in [0.1, 0.15) is 0 Å². The van der Waals surface area contributed by atoms with Crippen LogP contribution in [0.4, 0.5) is 0 Å². The Hall–Kier alpha value is -1.96. The standard InChI is InChI=1S/C3H10N6O6S2/c4-2(5)8-14-16(10,11)1-17(12,13)15-9-3(6)7/h1H2,(H4,4,5,8)(H4,6,7,9). The van der Waals surface area contributed by atoms with Crippen LogP contribution >= 0.6 is 0 Å². The van der Waals surface area contributed by atoms with Gasteiger partial charge in [-0.25, -0.2) is 0 Å². The van der Waals surface area contributed by atoms with E-state index in [1.165, 1.54) is 0 Å². The molecule has 0 spiro atoms. The summed E-state index contributed by atoms with van der Waals surface area (Å²) >= 11 is 0. The molecule has 0 aliphatic rings. The summed E-state index contributed by atoms with van der Waals surface area (Å²) in [4.78, 5) is 0. The van der Waals surface area contributed by atoms with Crippen LogP contribution in [0.2, 0.25) is 0 Å². The Labute approximate surface area is 96.4 Å². The van der Waals surface area contributed by atoms with Crippen molar-refractivity contribution in [2.75, 3.05) is 5.08 Å². The molecule has 100 valence electrons. The van der Waals surface area contributed by atoms with E-state index in [0.29, 0.717) is 0 Å². The molecular weight excluding hydrogens is 280 g/mol. The number of nitrogens with zero attached hydrogens (tertiary/aromatic N) is 2. The molecule has 0 aliphatic carbocycles. The minimum absolute atomic E-state index is 0.712. The number of oxime groups is 2. The van der Waals surface area contributed by atoms with Crippen molar-refractivity contribution >= 4 is 32.2 Å². The molecule has 0 aliphatic heterocycles. The quantitative estimate of drug-likeness (QED) is 0.211. The predicted molar refractivity (Wildman–Crippen MR) is 56.5 cm³/mol. The Balaban J connectivity index is 4.73. The zero-order valence-corrected chi connectivity index (χ0v) is 9.81. The first-order valence-corrected chi connectivity index (χ1v) is 6.70. The van der Waals surface area contributed by atoms with Gasteiger partial charge in [-0.05, 0) is 10.3 Å². The van der Waals surface area contributed by atoms with Crippen LogP contribution in [-0.2, 0) is 28.8 Å². The van der Waals surface area contributed by atoms with Gasteiger partial charge in [0.2, 0.25) is 17.0 Å². The largest absolute Gasteiger partial charge is 0.367 e. The first kappa shape index (κ1) is 15.0. The van der Waals surface area contributed by atoms with Crippen LogP contribution in [-0.4, -0.2) is 33.8 Å². The fourth-order valence-corrected chi connectivity index (χ4v) is 2.58. The molecule has 0 rings (SSSR count). The number of guanidine groups is 2. The van der Waals surface area contributed by atoms with Gasteiger partial charge in [0.1, 0.15) is 0 Å². The summed E-state index contributed by atoms with van der Waals surface area (Å²) in [5.41, 5.74) is 19.1. The Morgan fingerprint density at radius 3 is 1.35 bits per heavy atom. The molecule has 0 saturated carbocycles. The van der Waals surface area contributed by atoms with Crippen molar-refractivity contribution in [3.8, 4) is 0 Å². The van der Waals surface area contributed by atoms with E-state index in [1.54, 1.807) is 0 Å². The van der Waals surface area contributed by atoms with Crippen molar-refractivity contribution < 1.29 is 25.4 Å². The van der Waals surface area contributed by atoms with Gasteiger partial charge in [0.25, 0.3) is 0 Å². The van der Waals surface area contributed by atoms with Crippen LogP contribution < -0.4 is 22.9 Å². The van der Waals surface area contributed by atoms with E-state index >= 15 is 0 Å². The van der Waals surface area contributed by atoms with Crippen LogP contribution in [0.3, 0.4) is 0 Å². The molecule has 0 atom stereocenters. The number of nitrogens with two attached hydrogens (primary N) is 4. The van der Waals surface area contributed by atoms with Crippen LogP contribution in [0.15, 0.2) is 10.3 Å². The van der Waals surface area contributed by atoms with Crippen molar-refractivity contribution in [3.05, 3.63) is 0 Å². The molecule has 0 aromatic heterocycles. The Morgan fingerprint density at radius 2 is 1.12 bits per heavy atom. The van der Waals surface area contributed by atoms with E-state index < -0.39 is 37.2 Å². The molecule has 8 N–H and O–H groups in total. The summed E-state index contributed by atoms with van der Waals surface area (Å²) in [7, 11) is -9.19. The lowest BCUT2D eigenvalue weighted by atomic mass is 11.1. The third-order valence-electron chi connectivity index (χ3n) is 0.801. The third-order valence-corrected chi connectivity index (χ3v) is 3.71. The molecule has 0 fully saturated rings. The highest BCUT2D eigenvalue weighted by Crippen LogP contribution is 2.03. The van der Waals surface area contributed by atoms with Crippen LogP contribution in [0.25, 0.3) is 0 Å². The number of hydrogen-bond acceptors (Lipinski definition) is 8. The van der Waals surface area contributed by atoms with E-state index in [2.05, 4.69) is 18.9 Å². The molecule has 0 saturated heterocycles. The van der Waals surface area contributed by atoms with Gasteiger partial charge in [-0.15, -0.1) is 0 Å². The van der Waals surface area contributed by atoms with E-state index in [-0.39, 0.29) is 0 Å².